The smallest absolute Gasteiger partial charge is 0.321 e. The van der Waals surface area contributed by atoms with Crippen molar-refractivity contribution < 1.29 is 19.7 Å². The molecular formula is C53H70N6O4S3. The van der Waals surface area contributed by atoms with Gasteiger partial charge in [-0.1, -0.05) is 212 Å². The molecule has 0 aliphatic heterocycles. The minimum Gasteiger partial charge on any atom is -0.462 e. The molecule has 10 nitrogen and oxygen atoms in total. The first-order chi connectivity index (χ1) is 32.3. The number of carbonyl (C=O) groups excluding carboxylic acids is 1. The van der Waals surface area contributed by atoms with Crippen LogP contribution in [0.25, 0.3) is 31.7 Å². The molecule has 13 heteroatoms. The monoisotopic (exact) mass is 950 g/mol. The Morgan fingerprint density at radius 3 is 1.24 bits per heavy atom. The van der Waals surface area contributed by atoms with Crippen molar-refractivity contribution >= 4 is 40.0 Å². The minimum absolute atomic E-state index is 0.349. The van der Waals surface area contributed by atoms with Crippen LogP contribution in [-0.4, -0.2) is 66.1 Å². The van der Waals surface area contributed by atoms with E-state index in [9.17, 15) is 10.2 Å². The molecule has 2 unspecified atom stereocenters. The average Bonchev–Trinajstić information content (AvgIpc) is 4.15. The zero-order valence-electron chi connectivity index (χ0n) is 39.6. The van der Waals surface area contributed by atoms with Gasteiger partial charge in [-0.05, 0) is 42.4 Å². The summed E-state index contributed by atoms with van der Waals surface area (Å²) in [5.74, 6) is -0.918. The van der Waals surface area contributed by atoms with Gasteiger partial charge in [0, 0.05) is 41.9 Å². The van der Waals surface area contributed by atoms with Gasteiger partial charge in [0.1, 0.15) is 48.2 Å². The van der Waals surface area contributed by atoms with Crippen molar-refractivity contribution in [3.63, 3.8) is 0 Å². The van der Waals surface area contributed by atoms with Crippen molar-refractivity contribution in [2.24, 2.45) is 0 Å². The second kappa shape index (κ2) is 26.9. The molecule has 0 aliphatic rings. The first-order valence-corrected chi connectivity index (χ1v) is 27.0. The lowest BCUT2D eigenvalue weighted by atomic mass is 9.62. The number of hydrogen-bond acceptors (Lipinski definition) is 13. The quantitative estimate of drug-likeness (QED) is 0.0331. The Morgan fingerprint density at radius 2 is 0.894 bits per heavy atom. The summed E-state index contributed by atoms with van der Waals surface area (Å²) < 4.78 is 6.08. The predicted octanol–water partition coefficient (Wildman–Crippen LogP) is 13.2. The lowest BCUT2D eigenvalue weighted by molar-refractivity contribution is -0.153. The van der Waals surface area contributed by atoms with Crippen LogP contribution in [0.5, 0.6) is 0 Å². The van der Waals surface area contributed by atoms with Crippen LogP contribution in [-0.2, 0) is 34.2 Å². The standard InChI is InChI=1S/C53H70N6O4S3/c1-5-9-12-15-18-21-46-54-57-49(64-46)39-26-24-38(25-27-39)45(8-4)53(52(62)63-37-44(61)36-60,42-32-28-40(29-33-42)50-58-55-47(65-50)22-19-16-13-10-6-2)43-34-30-41(31-35-43)51-59-56-48(66-51)23-20-17-14-11-7-3/h24-35,44-45,60-61H,5-23,36-37H2,1-4H3. The number of unbranched alkanes of at least 4 members (excludes halogenated alkanes) is 12. The van der Waals surface area contributed by atoms with Crippen molar-refractivity contribution in [3.8, 4) is 31.7 Å². The Balaban J connectivity index is 1.37. The number of aromatic nitrogens is 6. The molecule has 2 atom stereocenters. The van der Waals surface area contributed by atoms with E-state index in [1.54, 1.807) is 34.0 Å². The maximum atomic E-state index is 15.3. The molecule has 66 heavy (non-hydrogen) atoms. The number of aliphatic hydroxyl groups is 2. The van der Waals surface area contributed by atoms with Crippen molar-refractivity contribution in [2.45, 2.75) is 167 Å². The second-order valence-electron chi connectivity index (χ2n) is 17.5. The summed E-state index contributed by atoms with van der Waals surface area (Å²) in [4.78, 5) is 15.3. The van der Waals surface area contributed by atoms with Crippen LogP contribution in [0.1, 0.15) is 168 Å². The van der Waals surface area contributed by atoms with Crippen LogP contribution >= 0.6 is 34.0 Å². The van der Waals surface area contributed by atoms with Gasteiger partial charge in [0.05, 0.1) is 6.61 Å². The van der Waals surface area contributed by atoms with E-state index in [0.717, 1.165) is 102 Å². The fraction of sp³-hybridized carbons (Fsp3) is 0.528. The topological polar surface area (TPSA) is 144 Å². The van der Waals surface area contributed by atoms with E-state index in [1.807, 2.05) is 48.5 Å². The van der Waals surface area contributed by atoms with Gasteiger partial charge in [-0.3, -0.25) is 4.79 Å². The third-order valence-corrected chi connectivity index (χ3v) is 15.6. The Morgan fingerprint density at radius 1 is 0.530 bits per heavy atom. The Hall–Kier alpha value is -4.27. The van der Waals surface area contributed by atoms with Crippen LogP contribution in [0.2, 0.25) is 0 Å². The molecule has 6 aromatic rings. The molecule has 0 saturated heterocycles. The molecule has 3 heterocycles. The summed E-state index contributed by atoms with van der Waals surface area (Å²) >= 11 is 4.88. The highest BCUT2D eigenvalue weighted by Gasteiger charge is 2.50. The molecular weight excluding hydrogens is 881 g/mol. The lowest BCUT2D eigenvalue weighted by Crippen LogP contribution is -2.45. The number of hydrogen-bond donors (Lipinski definition) is 2. The Labute approximate surface area is 404 Å². The van der Waals surface area contributed by atoms with E-state index in [4.69, 9.17) is 4.74 Å². The predicted molar refractivity (Wildman–Crippen MR) is 271 cm³/mol. The van der Waals surface area contributed by atoms with Crippen LogP contribution in [0.3, 0.4) is 0 Å². The first-order valence-electron chi connectivity index (χ1n) is 24.6. The highest BCUT2D eigenvalue weighted by atomic mass is 32.1. The molecule has 3 aromatic carbocycles. The largest absolute Gasteiger partial charge is 0.462 e. The van der Waals surface area contributed by atoms with Crippen molar-refractivity contribution in [2.75, 3.05) is 13.2 Å². The minimum atomic E-state index is -1.37. The average molecular weight is 951 g/mol. The number of ether oxygens (including phenoxy) is 1. The third kappa shape index (κ3) is 13.7. The van der Waals surface area contributed by atoms with E-state index >= 15 is 4.79 Å². The number of rotatable bonds is 30. The number of aryl methyl sites for hydroxylation is 3. The van der Waals surface area contributed by atoms with Crippen LogP contribution in [0.4, 0.5) is 0 Å². The van der Waals surface area contributed by atoms with Gasteiger partial charge in [-0.2, -0.15) is 0 Å². The van der Waals surface area contributed by atoms with E-state index in [1.165, 1.54) is 77.0 Å². The summed E-state index contributed by atoms with van der Waals surface area (Å²) in [6.07, 6.45) is 20.2. The van der Waals surface area contributed by atoms with Gasteiger partial charge in [-0.15, -0.1) is 30.6 Å². The normalized spacial score (nSPS) is 12.7. The zero-order valence-corrected chi connectivity index (χ0v) is 42.0. The number of nitrogens with zero attached hydrogens (tertiary/aromatic N) is 6. The van der Waals surface area contributed by atoms with E-state index < -0.39 is 30.0 Å². The summed E-state index contributed by atoms with van der Waals surface area (Å²) in [5, 5.41) is 53.3. The van der Waals surface area contributed by atoms with E-state index in [-0.39, 0.29) is 6.61 Å². The maximum Gasteiger partial charge on any atom is 0.321 e. The Bertz CT molecular complexity index is 2210. The summed E-state index contributed by atoms with van der Waals surface area (Å²) in [6, 6.07) is 24.5. The van der Waals surface area contributed by atoms with Gasteiger partial charge in [-0.25, -0.2) is 0 Å². The zero-order chi connectivity index (χ0) is 46.6. The molecule has 0 bridgehead atoms. The molecule has 0 fully saturated rings. The van der Waals surface area contributed by atoms with E-state index in [0.29, 0.717) is 6.42 Å². The van der Waals surface area contributed by atoms with Crippen LogP contribution in [0.15, 0.2) is 72.8 Å². The molecule has 0 spiro atoms. The molecule has 6 rings (SSSR count). The molecule has 2 N–H and O–H groups in total. The Kier molecular flexibility index (Phi) is 20.8. The summed E-state index contributed by atoms with van der Waals surface area (Å²) in [7, 11) is 0. The van der Waals surface area contributed by atoms with Crippen LogP contribution < -0.4 is 0 Å². The molecule has 0 aliphatic carbocycles. The van der Waals surface area contributed by atoms with Gasteiger partial charge in [0.25, 0.3) is 0 Å². The lowest BCUT2D eigenvalue weighted by Gasteiger charge is -2.40. The number of benzene rings is 3. The van der Waals surface area contributed by atoms with Crippen LogP contribution in [0, 0.1) is 0 Å². The maximum absolute atomic E-state index is 15.3. The third-order valence-electron chi connectivity index (χ3n) is 12.5. The van der Waals surface area contributed by atoms with E-state index in [2.05, 4.69) is 82.6 Å². The van der Waals surface area contributed by atoms with Gasteiger partial charge < -0.3 is 14.9 Å². The van der Waals surface area contributed by atoms with Gasteiger partial charge >= 0.3 is 5.97 Å². The highest BCUT2D eigenvalue weighted by Crippen LogP contribution is 2.49. The molecule has 0 radical (unpaired) electrons. The highest BCUT2D eigenvalue weighted by molar-refractivity contribution is 7.15. The fourth-order valence-electron chi connectivity index (χ4n) is 8.74. The van der Waals surface area contributed by atoms with Crippen molar-refractivity contribution in [3.05, 3.63) is 105 Å². The summed E-state index contributed by atoms with van der Waals surface area (Å²) in [6.45, 7) is 7.91. The number of esters is 1. The van der Waals surface area contributed by atoms with Gasteiger partial charge in [0.2, 0.25) is 0 Å². The van der Waals surface area contributed by atoms with Crippen molar-refractivity contribution in [1.82, 2.24) is 30.6 Å². The molecule has 354 valence electrons. The number of aliphatic hydroxyl groups excluding tert-OH is 2. The van der Waals surface area contributed by atoms with Crippen molar-refractivity contribution in [1.29, 1.82) is 0 Å². The fourth-order valence-corrected chi connectivity index (χ4v) is 11.4. The second-order valence-corrected chi connectivity index (χ2v) is 20.7. The molecule has 0 saturated carbocycles. The SMILES string of the molecule is CCCCCCCc1nnc(-c2ccc(C(CC)C(C(=O)OCC(O)CO)(c3ccc(-c4nnc(CCCCCCC)s4)cc3)c3ccc(-c4nnc(CCCCCCC)s4)cc3)cc2)s1. The molecule has 3 aromatic heterocycles. The molecule has 0 amide bonds. The van der Waals surface area contributed by atoms with Gasteiger partial charge in [0.15, 0.2) is 0 Å². The summed E-state index contributed by atoms with van der Waals surface area (Å²) in [5.41, 5.74) is 3.90. The first kappa shape index (κ1) is 51.1. The number of carbonyl (C=O) groups is 1.